The third-order valence-electron chi connectivity index (χ3n) is 9.89. The lowest BCUT2D eigenvalue weighted by Gasteiger charge is -2.16. The fourth-order valence-corrected chi connectivity index (χ4v) is 7.32. The monoisotopic (exact) mass is 635 g/mol. The third kappa shape index (κ3) is 4.79. The molecule has 0 aliphatic rings. The Balaban J connectivity index is 1.21. The molecule has 3 aromatic heterocycles. The van der Waals surface area contributed by atoms with Crippen molar-refractivity contribution in [2.45, 2.75) is 0 Å². The van der Waals surface area contributed by atoms with Gasteiger partial charge in [-0.15, -0.1) is 0 Å². The van der Waals surface area contributed by atoms with Crippen LogP contribution in [-0.4, -0.2) is 15.0 Å². The molecule has 3 heteroatoms. The van der Waals surface area contributed by atoms with Crippen LogP contribution in [0.4, 0.5) is 0 Å². The van der Waals surface area contributed by atoms with E-state index in [9.17, 15) is 0 Å². The Morgan fingerprint density at radius 3 is 1.66 bits per heavy atom. The normalized spacial score (nSPS) is 11.6. The molecule has 3 nitrogen and oxygen atoms in total. The quantitative estimate of drug-likeness (QED) is 0.181. The second-order valence-electron chi connectivity index (χ2n) is 12.9. The topological polar surface area (TPSA) is 38.7 Å². The lowest BCUT2D eigenvalue weighted by Crippen LogP contribution is -1.94. The molecule has 0 aliphatic heterocycles. The van der Waals surface area contributed by atoms with Crippen LogP contribution >= 0.6 is 0 Å². The number of hydrogen-bond acceptors (Lipinski definition) is 3. The molecule has 0 aliphatic carbocycles. The summed E-state index contributed by atoms with van der Waals surface area (Å²) in [5.41, 5.74) is 10.4. The predicted octanol–water partition coefficient (Wildman–Crippen LogP) is 12.3. The first-order chi connectivity index (χ1) is 24.7. The zero-order valence-electron chi connectivity index (χ0n) is 27.1. The van der Waals surface area contributed by atoms with Crippen molar-refractivity contribution in [1.29, 1.82) is 0 Å². The van der Waals surface area contributed by atoms with Crippen LogP contribution in [0.15, 0.2) is 176 Å². The van der Waals surface area contributed by atoms with Gasteiger partial charge in [0.1, 0.15) is 0 Å². The van der Waals surface area contributed by atoms with Gasteiger partial charge in [-0.25, -0.2) is 4.98 Å². The van der Waals surface area contributed by atoms with E-state index in [-0.39, 0.29) is 0 Å². The molecule has 0 bridgehead atoms. The first-order valence-corrected chi connectivity index (χ1v) is 16.9. The second kappa shape index (κ2) is 11.5. The molecule has 10 aromatic rings. The van der Waals surface area contributed by atoms with Gasteiger partial charge in [-0.05, 0) is 86.1 Å². The van der Waals surface area contributed by atoms with E-state index >= 15 is 0 Å². The third-order valence-corrected chi connectivity index (χ3v) is 9.89. The van der Waals surface area contributed by atoms with Gasteiger partial charge in [0.25, 0.3) is 0 Å². The summed E-state index contributed by atoms with van der Waals surface area (Å²) in [6, 6.07) is 58.3. The summed E-state index contributed by atoms with van der Waals surface area (Å²) >= 11 is 0. The van der Waals surface area contributed by atoms with Crippen LogP contribution in [0.2, 0.25) is 0 Å². The van der Waals surface area contributed by atoms with Crippen molar-refractivity contribution in [3.8, 4) is 44.8 Å². The Bertz CT molecular complexity index is 2930. The van der Waals surface area contributed by atoms with Crippen LogP contribution < -0.4 is 0 Å². The summed E-state index contributed by atoms with van der Waals surface area (Å²) in [5.74, 6) is 0. The van der Waals surface area contributed by atoms with Crippen molar-refractivity contribution < 1.29 is 0 Å². The van der Waals surface area contributed by atoms with E-state index in [1.54, 1.807) is 0 Å². The lowest BCUT2D eigenvalue weighted by molar-refractivity contribution is 1.30. The fraction of sp³-hybridized carbons (Fsp3) is 0. The molecule has 0 unspecified atom stereocenters. The van der Waals surface area contributed by atoms with E-state index in [2.05, 4.69) is 151 Å². The van der Waals surface area contributed by atoms with Crippen molar-refractivity contribution in [3.05, 3.63) is 176 Å². The number of para-hydroxylation sites is 1. The first-order valence-electron chi connectivity index (χ1n) is 16.9. The number of rotatable bonds is 4. The van der Waals surface area contributed by atoms with Crippen LogP contribution in [0.3, 0.4) is 0 Å². The molecule has 0 spiro atoms. The van der Waals surface area contributed by atoms with E-state index in [4.69, 9.17) is 9.97 Å². The van der Waals surface area contributed by atoms with E-state index in [0.29, 0.717) is 0 Å². The minimum absolute atomic E-state index is 0.891. The van der Waals surface area contributed by atoms with Crippen LogP contribution in [-0.2, 0) is 0 Å². The maximum absolute atomic E-state index is 5.42. The molecule has 3 heterocycles. The van der Waals surface area contributed by atoms with E-state index in [1.165, 1.54) is 38.1 Å². The highest BCUT2D eigenvalue weighted by atomic mass is 14.7. The van der Waals surface area contributed by atoms with Crippen LogP contribution in [0, 0.1) is 0 Å². The average molecular weight is 636 g/mol. The highest BCUT2D eigenvalue weighted by Crippen LogP contribution is 2.41. The summed E-state index contributed by atoms with van der Waals surface area (Å²) in [6.45, 7) is 0. The van der Waals surface area contributed by atoms with Crippen molar-refractivity contribution in [2.24, 2.45) is 0 Å². The molecule has 0 amide bonds. The molecular weight excluding hydrogens is 607 g/mol. The van der Waals surface area contributed by atoms with E-state index in [0.717, 1.165) is 60.8 Å². The van der Waals surface area contributed by atoms with Gasteiger partial charge in [-0.1, -0.05) is 121 Å². The zero-order valence-corrected chi connectivity index (χ0v) is 27.1. The molecule has 0 fully saturated rings. The minimum atomic E-state index is 0.891. The first kappa shape index (κ1) is 28.3. The Morgan fingerprint density at radius 1 is 0.320 bits per heavy atom. The van der Waals surface area contributed by atoms with Gasteiger partial charge < -0.3 is 0 Å². The van der Waals surface area contributed by atoms with Gasteiger partial charge in [0.05, 0.1) is 22.4 Å². The summed E-state index contributed by atoms with van der Waals surface area (Å²) in [4.78, 5) is 15.1. The number of hydrogen-bond donors (Lipinski definition) is 0. The SMILES string of the molecule is c1ccc2cc(-c3cc(-c4ccc(-c5cnc6ccccc6c5)nc4)c4cc(-c5ccc6ccccc6c5)c5ccccc5c4n3)ccc2c1. The molecule has 0 saturated heterocycles. The zero-order chi connectivity index (χ0) is 33.0. The van der Waals surface area contributed by atoms with Crippen LogP contribution in [0.1, 0.15) is 0 Å². The standard InChI is InChI=1S/C47H29N3/c1-3-11-32-23-34(19-17-30(32)9-1)41-26-43-42(37-21-22-45(48-28-37)38-25-35-13-5-8-16-44(35)49-29-38)27-46(50-47(43)40-15-7-6-14-39(40)41)36-20-18-31-10-2-4-12-33(31)24-36/h1-29H. The molecule has 0 atom stereocenters. The van der Waals surface area contributed by atoms with Crippen molar-refractivity contribution in [3.63, 3.8) is 0 Å². The number of pyridine rings is 3. The molecule has 0 N–H and O–H groups in total. The predicted molar refractivity (Wildman–Crippen MR) is 209 cm³/mol. The summed E-state index contributed by atoms with van der Waals surface area (Å²) in [6.07, 6.45) is 3.90. The second-order valence-corrected chi connectivity index (χ2v) is 12.9. The number of aromatic nitrogens is 3. The Labute approximate surface area is 289 Å². The molecule has 0 saturated carbocycles. The van der Waals surface area contributed by atoms with Gasteiger partial charge in [-0.3, -0.25) is 9.97 Å². The highest BCUT2D eigenvalue weighted by molar-refractivity contribution is 6.16. The minimum Gasteiger partial charge on any atom is -0.256 e. The molecule has 232 valence electrons. The van der Waals surface area contributed by atoms with Crippen LogP contribution in [0.25, 0.3) is 98.9 Å². The van der Waals surface area contributed by atoms with Gasteiger partial charge in [0, 0.05) is 45.2 Å². The maximum Gasteiger partial charge on any atom is 0.0794 e. The number of benzene rings is 7. The Hall–Kier alpha value is -6.71. The largest absolute Gasteiger partial charge is 0.256 e. The van der Waals surface area contributed by atoms with Gasteiger partial charge in [0.2, 0.25) is 0 Å². The van der Waals surface area contributed by atoms with Crippen LogP contribution in [0.5, 0.6) is 0 Å². The Kier molecular flexibility index (Phi) is 6.49. The molecule has 0 radical (unpaired) electrons. The van der Waals surface area contributed by atoms with Crippen molar-refractivity contribution >= 4 is 54.1 Å². The van der Waals surface area contributed by atoms with Gasteiger partial charge >= 0.3 is 0 Å². The van der Waals surface area contributed by atoms with E-state index in [1.807, 2.05) is 30.6 Å². The summed E-state index contributed by atoms with van der Waals surface area (Å²) in [7, 11) is 0. The van der Waals surface area contributed by atoms with Gasteiger partial charge in [0.15, 0.2) is 0 Å². The number of nitrogens with zero attached hydrogens (tertiary/aromatic N) is 3. The molecule has 50 heavy (non-hydrogen) atoms. The van der Waals surface area contributed by atoms with Gasteiger partial charge in [-0.2, -0.15) is 0 Å². The van der Waals surface area contributed by atoms with Crippen molar-refractivity contribution in [2.75, 3.05) is 0 Å². The Morgan fingerprint density at radius 2 is 0.900 bits per heavy atom. The van der Waals surface area contributed by atoms with Crippen molar-refractivity contribution in [1.82, 2.24) is 15.0 Å². The summed E-state index contributed by atoms with van der Waals surface area (Å²) < 4.78 is 0. The molecular formula is C47H29N3. The number of fused-ring (bicyclic) bond motifs is 6. The molecule has 10 rings (SSSR count). The fourth-order valence-electron chi connectivity index (χ4n) is 7.32. The maximum atomic E-state index is 5.42. The average Bonchev–Trinajstić information content (AvgIpc) is 3.19. The molecule has 7 aromatic carbocycles. The highest BCUT2D eigenvalue weighted by Gasteiger charge is 2.17. The lowest BCUT2D eigenvalue weighted by atomic mass is 9.90. The smallest absolute Gasteiger partial charge is 0.0794 e. The summed E-state index contributed by atoms with van der Waals surface area (Å²) in [5, 5.41) is 9.37. The van der Waals surface area contributed by atoms with E-state index < -0.39 is 0 Å².